The van der Waals surface area contributed by atoms with Crippen molar-refractivity contribution in [2.24, 2.45) is 0 Å². The van der Waals surface area contributed by atoms with Crippen LogP contribution in [-0.2, 0) is 10.8 Å². The molecule has 0 unspecified atom stereocenters. The van der Waals surface area contributed by atoms with Gasteiger partial charge in [-0.05, 0) is 78.0 Å². The van der Waals surface area contributed by atoms with Crippen molar-refractivity contribution in [2.75, 3.05) is 0 Å². The summed E-state index contributed by atoms with van der Waals surface area (Å²) in [6.07, 6.45) is 0. The Labute approximate surface area is 231 Å². The molecule has 7 rings (SSSR count). The summed E-state index contributed by atoms with van der Waals surface area (Å²) < 4.78 is 7.69. The van der Waals surface area contributed by atoms with E-state index in [9.17, 15) is 0 Å². The van der Waals surface area contributed by atoms with Crippen LogP contribution >= 0.6 is 15.9 Å². The van der Waals surface area contributed by atoms with Crippen molar-refractivity contribution in [1.29, 1.82) is 0 Å². The van der Waals surface area contributed by atoms with Gasteiger partial charge in [0.05, 0.1) is 0 Å². The monoisotopic (exact) mass is 558 g/mol. The fourth-order valence-corrected chi connectivity index (χ4v) is 6.93. The standard InChI is InChI=1S/C36H31BrO/c1-35(2,3)28-18-27(23-12-9-11-22-20-10-7-8-13-31(20)38-34(22)23)21-14-15-25-29(36(4,5)6)19-30(37)26-17-16-24(28)32(21)33(25)26/h7-19H,1-6H3. The van der Waals surface area contributed by atoms with Crippen molar-refractivity contribution < 1.29 is 4.42 Å². The predicted octanol–water partition coefficient (Wildman–Crippen LogP) is 11.5. The van der Waals surface area contributed by atoms with Crippen molar-refractivity contribution in [1.82, 2.24) is 0 Å². The molecule has 0 aliphatic carbocycles. The van der Waals surface area contributed by atoms with Gasteiger partial charge in [-0.3, -0.25) is 0 Å². The Morgan fingerprint density at radius 2 is 1.11 bits per heavy atom. The Balaban J connectivity index is 1.71. The van der Waals surface area contributed by atoms with Gasteiger partial charge in [-0.15, -0.1) is 0 Å². The van der Waals surface area contributed by atoms with Crippen LogP contribution in [0.5, 0.6) is 0 Å². The Morgan fingerprint density at radius 1 is 0.526 bits per heavy atom. The molecule has 2 heteroatoms. The smallest absolute Gasteiger partial charge is 0.143 e. The second-order valence-electron chi connectivity index (χ2n) is 12.7. The third-order valence-corrected chi connectivity index (χ3v) is 8.81. The molecule has 6 aromatic carbocycles. The van der Waals surface area contributed by atoms with Crippen LogP contribution in [0.25, 0.3) is 65.4 Å². The summed E-state index contributed by atoms with van der Waals surface area (Å²) in [6, 6.07) is 29.0. The van der Waals surface area contributed by atoms with Gasteiger partial charge in [0.1, 0.15) is 11.2 Å². The van der Waals surface area contributed by atoms with E-state index in [0.717, 1.165) is 26.6 Å². The van der Waals surface area contributed by atoms with Crippen LogP contribution in [0.3, 0.4) is 0 Å². The van der Waals surface area contributed by atoms with Gasteiger partial charge in [0, 0.05) is 20.8 Å². The van der Waals surface area contributed by atoms with Crippen LogP contribution in [0.15, 0.2) is 87.8 Å². The highest BCUT2D eigenvalue weighted by molar-refractivity contribution is 9.10. The quantitative estimate of drug-likeness (QED) is 0.182. The Bertz CT molecular complexity index is 2040. The first-order valence-corrected chi connectivity index (χ1v) is 14.2. The first-order valence-electron chi connectivity index (χ1n) is 13.4. The maximum absolute atomic E-state index is 6.53. The summed E-state index contributed by atoms with van der Waals surface area (Å²) in [6.45, 7) is 13.9. The Kier molecular flexibility index (Phi) is 4.89. The van der Waals surface area contributed by atoms with Gasteiger partial charge in [-0.25, -0.2) is 0 Å². The lowest BCUT2D eigenvalue weighted by Crippen LogP contribution is -2.13. The van der Waals surface area contributed by atoms with Gasteiger partial charge < -0.3 is 4.42 Å². The van der Waals surface area contributed by atoms with E-state index in [-0.39, 0.29) is 10.8 Å². The molecule has 1 heterocycles. The third-order valence-electron chi connectivity index (χ3n) is 8.16. The molecular weight excluding hydrogens is 528 g/mol. The number of halogens is 1. The summed E-state index contributed by atoms with van der Waals surface area (Å²) in [5.41, 5.74) is 7.01. The number of fused-ring (bicyclic) bond motifs is 3. The van der Waals surface area contributed by atoms with E-state index in [2.05, 4.69) is 130 Å². The second kappa shape index (κ2) is 7.83. The molecule has 1 aromatic heterocycles. The summed E-state index contributed by atoms with van der Waals surface area (Å²) >= 11 is 3.94. The summed E-state index contributed by atoms with van der Waals surface area (Å²) in [7, 11) is 0. The van der Waals surface area contributed by atoms with Crippen molar-refractivity contribution >= 4 is 70.2 Å². The molecule has 0 spiro atoms. The van der Waals surface area contributed by atoms with Gasteiger partial charge >= 0.3 is 0 Å². The number of benzene rings is 6. The van der Waals surface area contributed by atoms with E-state index in [1.165, 1.54) is 54.4 Å². The summed E-state index contributed by atoms with van der Waals surface area (Å²) in [4.78, 5) is 0. The molecular formula is C36H31BrO. The van der Waals surface area contributed by atoms with Crippen LogP contribution in [-0.4, -0.2) is 0 Å². The maximum atomic E-state index is 6.53. The van der Waals surface area contributed by atoms with Crippen molar-refractivity contribution in [2.45, 2.75) is 52.4 Å². The van der Waals surface area contributed by atoms with Crippen molar-refractivity contribution in [3.05, 3.63) is 94.5 Å². The average molecular weight is 560 g/mol. The molecule has 1 nitrogen and oxygen atoms in total. The summed E-state index contributed by atoms with van der Waals surface area (Å²) in [5, 5.41) is 10.3. The second-order valence-corrected chi connectivity index (χ2v) is 13.6. The van der Waals surface area contributed by atoms with E-state index in [4.69, 9.17) is 4.42 Å². The highest BCUT2D eigenvalue weighted by Crippen LogP contribution is 2.48. The lowest BCUT2D eigenvalue weighted by atomic mass is 9.77. The molecule has 0 radical (unpaired) electrons. The Hall–Kier alpha value is -3.36. The fourth-order valence-electron chi connectivity index (χ4n) is 6.37. The van der Waals surface area contributed by atoms with Crippen molar-refractivity contribution in [3.8, 4) is 11.1 Å². The van der Waals surface area contributed by atoms with Gasteiger partial charge in [0.15, 0.2) is 0 Å². The largest absolute Gasteiger partial charge is 0.455 e. The molecule has 38 heavy (non-hydrogen) atoms. The molecule has 0 saturated heterocycles. The topological polar surface area (TPSA) is 13.1 Å². The number of furan rings is 1. The number of hydrogen-bond acceptors (Lipinski definition) is 1. The molecule has 0 saturated carbocycles. The molecule has 0 N–H and O–H groups in total. The third kappa shape index (κ3) is 3.29. The highest BCUT2D eigenvalue weighted by atomic mass is 79.9. The molecule has 0 fully saturated rings. The maximum Gasteiger partial charge on any atom is 0.143 e. The molecule has 7 aromatic rings. The number of hydrogen-bond donors (Lipinski definition) is 0. The molecule has 0 aliphatic rings. The van der Waals surface area contributed by atoms with E-state index in [1.807, 2.05) is 6.07 Å². The molecule has 0 atom stereocenters. The average Bonchev–Trinajstić information content (AvgIpc) is 3.25. The lowest BCUT2D eigenvalue weighted by molar-refractivity contribution is 0.595. The van der Waals surface area contributed by atoms with Crippen LogP contribution < -0.4 is 0 Å². The molecule has 0 amide bonds. The number of para-hydroxylation sites is 2. The van der Waals surface area contributed by atoms with Gasteiger partial charge in [-0.2, -0.15) is 0 Å². The normalized spacial score (nSPS) is 13.1. The van der Waals surface area contributed by atoms with E-state index >= 15 is 0 Å². The van der Waals surface area contributed by atoms with E-state index < -0.39 is 0 Å². The SMILES string of the molecule is CC(C)(C)c1cc(Br)c2ccc3c(C(C)(C)C)cc(-c4cccc5c4oc4ccccc45)c4ccc1c2c43. The molecule has 188 valence electrons. The first kappa shape index (κ1) is 23.7. The minimum atomic E-state index is -0.0249. The minimum absolute atomic E-state index is 0.0249. The van der Waals surface area contributed by atoms with Crippen LogP contribution in [0.1, 0.15) is 52.7 Å². The molecule has 0 aliphatic heterocycles. The zero-order valence-electron chi connectivity index (χ0n) is 22.8. The predicted molar refractivity (Wildman–Crippen MR) is 168 cm³/mol. The zero-order valence-corrected chi connectivity index (χ0v) is 24.4. The highest BCUT2D eigenvalue weighted by Gasteiger charge is 2.26. The fraction of sp³-hybridized carbons (Fsp3) is 0.222. The van der Waals surface area contributed by atoms with Gasteiger partial charge in [0.2, 0.25) is 0 Å². The minimum Gasteiger partial charge on any atom is -0.455 e. The van der Waals surface area contributed by atoms with Crippen LogP contribution in [0.2, 0.25) is 0 Å². The van der Waals surface area contributed by atoms with Crippen LogP contribution in [0, 0.1) is 0 Å². The van der Waals surface area contributed by atoms with E-state index in [1.54, 1.807) is 0 Å². The van der Waals surface area contributed by atoms with E-state index in [0.29, 0.717) is 0 Å². The zero-order chi connectivity index (χ0) is 26.6. The first-order chi connectivity index (χ1) is 18.0. The van der Waals surface area contributed by atoms with Gasteiger partial charge in [0.25, 0.3) is 0 Å². The van der Waals surface area contributed by atoms with Crippen LogP contribution in [0.4, 0.5) is 0 Å². The molecule has 0 bridgehead atoms. The van der Waals surface area contributed by atoms with Crippen molar-refractivity contribution in [3.63, 3.8) is 0 Å². The number of rotatable bonds is 1. The summed E-state index contributed by atoms with van der Waals surface area (Å²) in [5.74, 6) is 0. The van der Waals surface area contributed by atoms with Gasteiger partial charge in [-0.1, -0.05) is 118 Å². The lowest BCUT2D eigenvalue weighted by Gasteiger charge is -2.28. The Morgan fingerprint density at radius 3 is 1.82 bits per heavy atom.